The number of carbonyl (C=O) groups is 1. The third-order valence-corrected chi connectivity index (χ3v) is 6.63. The molecule has 0 aromatic heterocycles. The zero-order valence-electron chi connectivity index (χ0n) is 23.9. The first-order valence-corrected chi connectivity index (χ1v) is 13.5. The lowest BCUT2D eigenvalue weighted by Crippen LogP contribution is -2.06. The average molecular weight is 525 g/mol. The molecule has 5 rings (SSSR count). The normalized spacial score (nSPS) is 10.2. The fraction of sp³-hybridized carbons (Fsp3) is 0.135. The molecule has 0 saturated carbocycles. The second kappa shape index (κ2) is 13.3. The van der Waals surface area contributed by atoms with E-state index in [0.29, 0.717) is 0 Å². The monoisotopic (exact) mass is 524 g/mol. The lowest BCUT2D eigenvalue weighted by atomic mass is 10.0. The fourth-order valence-electron chi connectivity index (χ4n) is 4.04. The minimum atomic E-state index is 0.0833. The van der Waals surface area contributed by atoms with Gasteiger partial charge in [-0.25, -0.2) is 0 Å². The lowest BCUT2D eigenvalue weighted by Gasteiger charge is -2.10. The third-order valence-electron chi connectivity index (χ3n) is 6.63. The quantitative estimate of drug-likeness (QED) is 0.137. The van der Waals surface area contributed by atoms with E-state index in [-0.39, 0.29) is 5.78 Å². The Morgan fingerprint density at radius 1 is 0.425 bits per heavy atom. The molecule has 200 valence electrons. The highest BCUT2D eigenvalue weighted by atomic mass is 16.1. The van der Waals surface area contributed by atoms with Gasteiger partial charge >= 0.3 is 0 Å². The van der Waals surface area contributed by atoms with E-state index in [2.05, 4.69) is 86.9 Å². The molecule has 3 nitrogen and oxygen atoms in total. The molecule has 0 radical (unpaired) electrons. The van der Waals surface area contributed by atoms with Crippen molar-refractivity contribution in [1.82, 2.24) is 0 Å². The molecular weight excluding hydrogens is 488 g/mol. The Morgan fingerprint density at radius 2 is 0.700 bits per heavy atom. The molecule has 5 aromatic carbocycles. The molecule has 0 aliphatic heterocycles. The van der Waals surface area contributed by atoms with Crippen LogP contribution in [-0.4, -0.2) is 11.5 Å². The van der Waals surface area contributed by atoms with Crippen molar-refractivity contribution < 1.29 is 4.79 Å². The smallest absolute Gasteiger partial charge is 0.193 e. The van der Waals surface area contributed by atoms with Gasteiger partial charge in [0.05, 0.1) is 11.4 Å². The van der Waals surface area contributed by atoms with E-state index in [9.17, 15) is 4.79 Å². The molecule has 0 heterocycles. The second-order valence-corrected chi connectivity index (χ2v) is 10.2. The van der Waals surface area contributed by atoms with Crippen LogP contribution in [0.3, 0.4) is 0 Å². The van der Waals surface area contributed by atoms with Crippen molar-refractivity contribution >= 4 is 17.2 Å². The van der Waals surface area contributed by atoms with E-state index >= 15 is 0 Å². The molecule has 0 unspecified atom stereocenters. The summed E-state index contributed by atoms with van der Waals surface area (Å²) in [5, 5.41) is 4.69. The molecule has 0 spiro atoms. The van der Waals surface area contributed by atoms with Crippen LogP contribution in [0.5, 0.6) is 0 Å². The third kappa shape index (κ3) is 7.87. The minimum absolute atomic E-state index is 0.0833. The average Bonchev–Trinajstić information content (AvgIpc) is 2.97. The summed E-state index contributed by atoms with van der Waals surface area (Å²) in [5.74, 6) is 0.0833. The van der Waals surface area contributed by atoms with Crippen LogP contribution < -0.4 is 5.43 Å². The summed E-state index contributed by atoms with van der Waals surface area (Å²) < 4.78 is 0. The number of anilines is 1. The standard InChI is InChI=1S/C22H22N2.C15H14O/c1-16-4-10-19(11-5-16)22(20-12-6-17(2)7-13-20)24-23-21-14-8-18(3)9-15-21;1-11-3-7-13(8-4-11)15(16)14-9-5-12(2)6-10-14/h4-15,23H,1-3H3;3-10H,1-2H3. The van der Waals surface area contributed by atoms with E-state index in [4.69, 9.17) is 5.10 Å². The molecule has 0 aliphatic carbocycles. The number of ketones is 1. The fourth-order valence-corrected chi connectivity index (χ4v) is 4.04. The van der Waals surface area contributed by atoms with Crippen molar-refractivity contribution in [3.05, 3.63) is 171 Å². The van der Waals surface area contributed by atoms with Crippen LogP contribution in [0.15, 0.2) is 126 Å². The van der Waals surface area contributed by atoms with Gasteiger partial charge in [0.15, 0.2) is 5.78 Å². The van der Waals surface area contributed by atoms with Gasteiger partial charge in [0.1, 0.15) is 0 Å². The Labute approximate surface area is 238 Å². The molecule has 0 fully saturated rings. The topological polar surface area (TPSA) is 41.5 Å². The summed E-state index contributed by atoms with van der Waals surface area (Å²) >= 11 is 0. The van der Waals surface area contributed by atoms with Crippen LogP contribution >= 0.6 is 0 Å². The van der Waals surface area contributed by atoms with Gasteiger partial charge in [-0.15, -0.1) is 0 Å². The van der Waals surface area contributed by atoms with Crippen molar-refractivity contribution in [3.63, 3.8) is 0 Å². The molecule has 3 heteroatoms. The van der Waals surface area contributed by atoms with Crippen molar-refractivity contribution in [3.8, 4) is 0 Å². The number of hydrogen-bond acceptors (Lipinski definition) is 3. The molecule has 0 atom stereocenters. The number of nitrogens with one attached hydrogen (secondary N) is 1. The first-order valence-electron chi connectivity index (χ1n) is 13.5. The zero-order chi connectivity index (χ0) is 28.5. The van der Waals surface area contributed by atoms with Gasteiger partial charge in [0.25, 0.3) is 0 Å². The SMILES string of the molecule is Cc1ccc(C(=O)c2ccc(C)cc2)cc1.Cc1ccc(NN=C(c2ccc(C)cc2)c2ccc(C)cc2)cc1. The van der Waals surface area contributed by atoms with Crippen molar-refractivity contribution in [1.29, 1.82) is 0 Å². The zero-order valence-corrected chi connectivity index (χ0v) is 23.9. The maximum atomic E-state index is 12.1. The van der Waals surface area contributed by atoms with Crippen LogP contribution in [0, 0.1) is 34.6 Å². The lowest BCUT2D eigenvalue weighted by molar-refractivity contribution is 0.103. The number of hydrazone groups is 1. The maximum absolute atomic E-state index is 12.1. The summed E-state index contributed by atoms with van der Waals surface area (Å²) in [5.41, 5.74) is 14.9. The Morgan fingerprint density at radius 3 is 1.02 bits per heavy atom. The molecule has 0 bridgehead atoms. The number of hydrogen-bond donors (Lipinski definition) is 1. The molecular formula is C37H36N2O. The number of aryl methyl sites for hydroxylation is 5. The van der Waals surface area contributed by atoms with Crippen LogP contribution in [0.2, 0.25) is 0 Å². The Balaban J connectivity index is 0.000000201. The predicted molar refractivity (Wildman–Crippen MR) is 169 cm³/mol. The molecule has 5 aromatic rings. The first kappa shape index (κ1) is 28.3. The van der Waals surface area contributed by atoms with Gasteiger partial charge in [0, 0.05) is 22.3 Å². The van der Waals surface area contributed by atoms with E-state index < -0.39 is 0 Å². The summed E-state index contributed by atoms with van der Waals surface area (Å²) in [6, 6.07) is 40.5. The highest BCUT2D eigenvalue weighted by Gasteiger charge is 2.08. The van der Waals surface area contributed by atoms with Crippen LogP contribution in [-0.2, 0) is 0 Å². The number of carbonyl (C=O) groups excluding carboxylic acids is 1. The molecule has 40 heavy (non-hydrogen) atoms. The molecule has 0 saturated heterocycles. The van der Waals surface area contributed by atoms with Gasteiger partial charge in [-0.2, -0.15) is 5.10 Å². The molecule has 0 aliphatic rings. The van der Waals surface area contributed by atoms with Crippen molar-refractivity contribution in [2.24, 2.45) is 5.10 Å². The second-order valence-electron chi connectivity index (χ2n) is 10.2. The minimum Gasteiger partial charge on any atom is -0.289 e. The summed E-state index contributed by atoms with van der Waals surface area (Å²) in [6.45, 7) is 10.3. The number of rotatable bonds is 6. The summed E-state index contributed by atoms with van der Waals surface area (Å²) in [6.07, 6.45) is 0. The summed E-state index contributed by atoms with van der Waals surface area (Å²) in [4.78, 5) is 12.1. The van der Waals surface area contributed by atoms with E-state index in [1.165, 1.54) is 27.8 Å². The van der Waals surface area contributed by atoms with E-state index in [1.807, 2.05) is 74.5 Å². The van der Waals surface area contributed by atoms with Crippen LogP contribution in [0.25, 0.3) is 0 Å². The molecule has 0 amide bonds. The highest BCUT2D eigenvalue weighted by molar-refractivity contribution is 6.13. The van der Waals surface area contributed by atoms with Gasteiger partial charge in [-0.3, -0.25) is 10.2 Å². The van der Waals surface area contributed by atoms with Crippen molar-refractivity contribution in [2.45, 2.75) is 34.6 Å². The number of nitrogens with zero attached hydrogens (tertiary/aromatic N) is 1. The maximum Gasteiger partial charge on any atom is 0.193 e. The molecule has 1 N–H and O–H groups in total. The predicted octanol–water partition coefficient (Wildman–Crippen LogP) is 9.01. The summed E-state index contributed by atoms with van der Waals surface area (Å²) in [7, 11) is 0. The first-order chi connectivity index (χ1) is 19.3. The highest BCUT2D eigenvalue weighted by Crippen LogP contribution is 2.16. The van der Waals surface area contributed by atoms with E-state index in [0.717, 1.165) is 33.7 Å². The van der Waals surface area contributed by atoms with Gasteiger partial charge in [-0.05, 0) is 46.8 Å². The largest absolute Gasteiger partial charge is 0.289 e. The van der Waals surface area contributed by atoms with Gasteiger partial charge in [-0.1, -0.05) is 137 Å². The number of benzene rings is 5. The van der Waals surface area contributed by atoms with Gasteiger partial charge < -0.3 is 0 Å². The Hall–Kier alpha value is -4.76. The Kier molecular flexibility index (Phi) is 9.43. The van der Waals surface area contributed by atoms with Crippen molar-refractivity contribution in [2.75, 3.05) is 5.43 Å². The Bertz CT molecular complexity index is 1470. The van der Waals surface area contributed by atoms with Crippen LogP contribution in [0.1, 0.15) is 54.9 Å². The van der Waals surface area contributed by atoms with E-state index in [1.54, 1.807) is 0 Å². The van der Waals surface area contributed by atoms with Crippen LogP contribution in [0.4, 0.5) is 5.69 Å². The van der Waals surface area contributed by atoms with Gasteiger partial charge in [0.2, 0.25) is 0 Å².